The van der Waals surface area contributed by atoms with E-state index < -0.39 is 35.0 Å². The number of hydrogen-bond donors (Lipinski definition) is 1. The first-order chi connectivity index (χ1) is 9.15. The molecule has 20 heavy (non-hydrogen) atoms. The van der Waals surface area contributed by atoms with Gasteiger partial charge in [0, 0.05) is 6.07 Å². The van der Waals surface area contributed by atoms with Crippen LogP contribution in [-0.2, 0) is 9.59 Å². The van der Waals surface area contributed by atoms with Crippen LogP contribution in [0.4, 0.5) is 14.5 Å². The molecule has 0 spiro atoms. The highest BCUT2D eigenvalue weighted by molar-refractivity contribution is 9.10. The summed E-state index contributed by atoms with van der Waals surface area (Å²) in [7, 11) is 0. The lowest BCUT2D eigenvalue weighted by molar-refractivity contribution is -0.136. The van der Waals surface area contributed by atoms with Crippen molar-refractivity contribution in [1.29, 1.82) is 0 Å². The van der Waals surface area contributed by atoms with E-state index in [1.807, 2.05) is 0 Å². The second-order valence-electron chi connectivity index (χ2n) is 5.18. The van der Waals surface area contributed by atoms with Crippen LogP contribution in [0, 0.1) is 11.6 Å². The molecule has 1 aliphatic rings. The van der Waals surface area contributed by atoms with Gasteiger partial charge >= 0.3 is 0 Å². The molecule has 1 fully saturated rings. The summed E-state index contributed by atoms with van der Waals surface area (Å²) in [5, 5.41) is 2.56. The number of amides is 2. The van der Waals surface area contributed by atoms with Crippen molar-refractivity contribution in [1.82, 2.24) is 5.32 Å². The Morgan fingerprint density at radius 1 is 1.25 bits per heavy atom. The molecule has 0 aromatic heterocycles. The topological polar surface area (TPSA) is 49.4 Å². The van der Waals surface area contributed by atoms with Crippen LogP contribution in [0.2, 0.25) is 0 Å². The van der Waals surface area contributed by atoms with Crippen LogP contribution in [0.3, 0.4) is 0 Å². The predicted molar refractivity (Wildman–Crippen MR) is 73.2 cm³/mol. The molecular weight excluding hydrogens is 334 g/mol. The van der Waals surface area contributed by atoms with Crippen LogP contribution in [0.5, 0.6) is 0 Å². The number of halogens is 3. The van der Waals surface area contributed by atoms with Crippen molar-refractivity contribution in [2.75, 3.05) is 4.90 Å². The van der Waals surface area contributed by atoms with Crippen LogP contribution in [0.1, 0.15) is 20.8 Å². The first-order valence-electron chi connectivity index (χ1n) is 5.95. The summed E-state index contributed by atoms with van der Waals surface area (Å²) in [4.78, 5) is 25.3. The standard InChI is InChI=1S/C13H13BrF2N2O2/c1-6-11(19)17-13(2,3)12(20)18(6)10-4-7(14)8(15)5-9(10)16/h4-6H,1-3H3,(H,17,19). The van der Waals surface area contributed by atoms with E-state index in [0.29, 0.717) is 6.07 Å². The van der Waals surface area contributed by atoms with Gasteiger partial charge in [0.2, 0.25) is 5.91 Å². The van der Waals surface area contributed by atoms with Gasteiger partial charge in [-0.25, -0.2) is 8.78 Å². The minimum Gasteiger partial charge on any atom is -0.340 e. The largest absolute Gasteiger partial charge is 0.340 e. The third-order valence-electron chi connectivity index (χ3n) is 3.21. The molecule has 1 atom stereocenters. The zero-order valence-electron chi connectivity index (χ0n) is 11.1. The lowest BCUT2D eigenvalue weighted by atomic mass is 9.96. The molecule has 0 aliphatic carbocycles. The third kappa shape index (κ3) is 2.30. The summed E-state index contributed by atoms with van der Waals surface area (Å²) < 4.78 is 27.3. The summed E-state index contributed by atoms with van der Waals surface area (Å²) in [5.41, 5.74) is -1.27. The average Bonchev–Trinajstić information content (AvgIpc) is 2.33. The number of hydrogen-bond acceptors (Lipinski definition) is 2. The first-order valence-corrected chi connectivity index (χ1v) is 6.74. The number of benzene rings is 1. The fraction of sp³-hybridized carbons (Fsp3) is 0.385. The summed E-state index contributed by atoms with van der Waals surface area (Å²) in [6.07, 6.45) is 0. The van der Waals surface area contributed by atoms with Gasteiger partial charge in [-0.1, -0.05) is 0 Å². The van der Waals surface area contributed by atoms with E-state index in [2.05, 4.69) is 21.2 Å². The van der Waals surface area contributed by atoms with Gasteiger partial charge in [0.05, 0.1) is 10.2 Å². The van der Waals surface area contributed by atoms with Crippen molar-refractivity contribution >= 4 is 33.4 Å². The molecule has 1 heterocycles. The Bertz CT molecular complexity index is 604. The maximum absolute atomic E-state index is 14.0. The second-order valence-corrected chi connectivity index (χ2v) is 6.04. The SMILES string of the molecule is CC1C(=O)NC(C)(C)C(=O)N1c1cc(Br)c(F)cc1F. The maximum Gasteiger partial charge on any atom is 0.252 e. The number of nitrogens with one attached hydrogen (secondary N) is 1. The van der Waals surface area contributed by atoms with Gasteiger partial charge in [0.25, 0.3) is 5.91 Å². The molecule has 1 aromatic rings. The minimum atomic E-state index is -1.14. The fourth-order valence-electron chi connectivity index (χ4n) is 2.07. The van der Waals surface area contributed by atoms with Crippen molar-refractivity contribution < 1.29 is 18.4 Å². The van der Waals surface area contributed by atoms with Crippen LogP contribution in [-0.4, -0.2) is 23.4 Å². The summed E-state index contributed by atoms with van der Waals surface area (Å²) >= 11 is 2.95. The van der Waals surface area contributed by atoms with E-state index in [4.69, 9.17) is 0 Å². The lowest BCUT2D eigenvalue weighted by Crippen LogP contribution is -2.67. The van der Waals surface area contributed by atoms with Crippen LogP contribution >= 0.6 is 15.9 Å². The van der Waals surface area contributed by atoms with Gasteiger partial charge in [-0.05, 0) is 42.8 Å². The quantitative estimate of drug-likeness (QED) is 0.793. The average molecular weight is 347 g/mol. The molecule has 1 unspecified atom stereocenters. The highest BCUT2D eigenvalue weighted by Crippen LogP contribution is 2.31. The zero-order valence-corrected chi connectivity index (χ0v) is 12.7. The number of carbonyl (C=O) groups is 2. The highest BCUT2D eigenvalue weighted by Gasteiger charge is 2.45. The zero-order chi connectivity index (χ0) is 15.2. The Balaban J connectivity index is 2.57. The van der Waals surface area contributed by atoms with E-state index in [0.717, 1.165) is 11.0 Å². The molecule has 0 saturated carbocycles. The smallest absolute Gasteiger partial charge is 0.252 e. The molecule has 1 N–H and O–H groups in total. The summed E-state index contributed by atoms with van der Waals surface area (Å²) in [6, 6.07) is 0.967. The van der Waals surface area contributed by atoms with Gasteiger partial charge < -0.3 is 5.32 Å². The normalized spacial score (nSPS) is 21.9. The van der Waals surface area contributed by atoms with Gasteiger partial charge in [0.15, 0.2) is 0 Å². The number of carbonyl (C=O) groups excluding carboxylic acids is 2. The Hall–Kier alpha value is -1.50. The third-order valence-corrected chi connectivity index (χ3v) is 3.81. The maximum atomic E-state index is 14.0. The van der Waals surface area contributed by atoms with Crippen molar-refractivity contribution in [3.63, 3.8) is 0 Å². The number of piperazine rings is 1. The number of anilines is 1. The molecule has 0 radical (unpaired) electrons. The van der Waals surface area contributed by atoms with Gasteiger partial charge in [0.1, 0.15) is 23.2 Å². The minimum absolute atomic E-state index is 0.0256. The predicted octanol–water partition coefficient (Wildman–Crippen LogP) is 2.36. The van der Waals surface area contributed by atoms with E-state index in [-0.39, 0.29) is 10.2 Å². The summed E-state index contributed by atoms with van der Waals surface area (Å²) in [5.74, 6) is -2.51. The highest BCUT2D eigenvalue weighted by atomic mass is 79.9. The lowest BCUT2D eigenvalue weighted by Gasteiger charge is -2.41. The van der Waals surface area contributed by atoms with E-state index >= 15 is 0 Å². The Morgan fingerprint density at radius 2 is 1.85 bits per heavy atom. The molecule has 2 amide bonds. The fourth-order valence-corrected chi connectivity index (χ4v) is 2.41. The monoisotopic (exact) mass is 346 g/mol. The van der Waals surface area contributed by atoms with Crippen molar-refractivity contribution in [2.24, 2.45) is 0 Å². The molecule has 4 nitrogen and oxygen atoms in total. The molecule has 0 bridgehead atoms. The van der Waals surface area contributed by atoms with Crippen LogP contribution in [0.25, 0.3) is 0 Å². The van der Waals surface area contributed by atoms with E-state index in [1.54, 1.807) is 0 Å². The van der Waals surface area contributed by atoms with Gasteiger partial charge in [-0.15, -0.1) is 0 Å². The second kappa shape index (κ2) is 4.80. The molecule has 2 rings (SSSR count). The molecule has 1 aromatic carbocycles. The Morgan fingerprint density at radius 3 is 2.45 bits per heavy atom. The molecule has 1 saturated heterocycles. The van der Waals surface area contributed by atoms with Gasteiger partial charge in [-0.2, -0.15) is 0 Å². The van der Waals surface area contributed by atoms with Crippen LogP contribution in [0.15, 0.2) is 16.6 Å². The molecule has 7 heteroatoms. The van der Waals surface area contributed by atoms with Crippen molar-refractivity contribution in [3.8, 4) is 0 Å². The van der Waals surface area contributed by atoms with Gasteiger partial charge in [-0.3, -0.25) is 14.5 Å². The Kier molecular flexibility index (Phi) is 3.58. The van der Waals surface area contributed by atoms with E-state index in [1.165, 1.54) is 20.8 Å². The van der Waals surface area contributed by atoms with Crippen molar-refractivity contribution in [3.05, 3.63) is 28.2 Å². The molecule has 108 valence electrons. The number of rotatable bonds is 1. The van der Waals surface area contributed by atoms with E-state index in [9.17, 15) is 18.4 Å². The molecule has 1 aliphatic heterocycles. The number of nitrogens with zero attached hydrogens (tertiary/aromatic N) is 1. The first kappa shape index (κ1) is 14.9. The van der Waals surface area contributed by atoms with Crippen LogP contribution < -0.4 is 10.2 Å². The summed E-state index contributed by atoms with van der Waals surface area (Å²) in [6.45, 7) is 4.55. The molecular formula is C13H13BrF2N2O2. The Labute approximate surface area is 123 Å². The van der Waals surface area contributed by atoms with Crippen molar-refractivity contribution in [2.45, 2.75) is 32.4 Å².